The second-order valence-electron chi connectivity index (χ2n) is 5.21. The lowest BCUT2D eigenvalue weighted by molar-refractivity contribution is 0.102. The molecule has 6 heteroatoms. The first-order valence-electron chi connectivity index (χ1n) is 7.07. The number of halogens is 1. The van der Waals surface area contributed by atoms with E-state index in [1.165, 1.54) is 29.2 Å². The van der Waals surface area contributed by atoms with Crippen molar-refractivity contribution in [2.75, 3.05) is 19.4 Å². The number of carbonyl (C=O) groups is 2. The summed E-state index contributed by atoms with van der Waals surface area (Å²) < 4.78 is 12.8. The topological polar surface area (TPSA) is 61.4 Å². The maximum Gasteiger partial charge on any atom is 0.317 e. The summed E-state index contributed by atoms with van der Waals surface area (Å²) in [6.07, 6.45) is 0. The Hall–Kier alpha value is -2.89. The maximum absolute atomic E-state index is 12.8. The van der Waals surface area contributed by atoms with Crippen LogP contribution in [-0.4, -0.2) is 30.9 Å². The smallest absolute Gasteiger partial charge is 0.317 e. The van der Waals surface area contributed by atoms with Crippen molar-refractivity contribution >= 4 is 17.6 Å². The molecule has 0 aliphatic carbocycles. The number of rotatable bonds is 4. The Kier molecular flexibility index (Phi) is 5.30. The monoisotopic (exact) mass is 315 g/mol. The van der Waals surface area contributed by atoms with Crippen molar-refractivity contribution in [1.82, 2.24) is 10.2 Å². The molecule has 2 rings (SSSR count). The molecule has 2 aromatic carbocycles. The van der Waals surface area contributed by atoms with Crippen molar-refractivity contribution in [1.29, 1.82) is 0 Å². The van der Waals surface area contributed by atoms with Crippen LogP contribution >= 0.6 is 0 Å². The van der Waals surface area contributed by atoms with Gasteiger partial charge in [-0.2, -0.15) is 0 Å². The van der Waals surface area contributed by atoms with Gasteiger partial charge in [0.1, 0.15) is 5.82 Å². The lowest BCUT2D eigenvalue weighted by Crippen LogP contribution is -2.33. The van der Waals surface area contributed by atoms with E-state index in [-0.39, 0.29) is 17.8 Å². The van der Waals surface area contributed by atoms with E-state index in [0.29, 0.717) is 17.8 Å². The SMILES string of the molecule is CN(C)C(=O)NCc1ccc(C(=O)Nc2ccc(F)cc2)cc1. The Bertz CT molecular complexity index is 682. The molecule has 0 heterocycles. The average Bonchev–Trinajstić information content (AvgIpc) is 2.55. The van der Waals surface area contributed by atoms with Crippen LogP contribution in [-0.2, 0) is 6.54 Å². The zero-order chi connectivity index (χ0) is 16.8. The number of carbonyl (C=O) groups excluding carboxylic acids is 2. The molecule has 0 spiro atoms. The van der Waals surface area contributed by atoms with Crippen LogP contribution in [0.4, 0.5) is 14.9 Å². The van der Waals surface area contributed by atoms with Gasteiger partial charge >= 0.3 is 6.03 Å². The molecule has 0 unspecified atom stereocenters. The van der Waals surface area contributed by atoms with Crippen LogP contribution in [0.25, 0.3) is 0 Å². The van der Waals surface area contributed by atoms with Crippen LogP contribution in [0.2, 0.25) is 0 Å². The van der Waals surface area contributed by atoms with Gasteiger partial charge in [0.25, 0.3) is 5.91 Å². The van der Waals surface area contributed by atoms with Crippen LogP contribution in [0.1, 0.15) is 15.9 Å². The van der Waals surface area contributed by atoms with E-state index >= 15 is 0 Å². The van der Waals surface area contributed by atoms with E-state index in [9.17, 15) is 14.0 Å². The lowest BCUT2D eigenvalue weighted by Gasteiger charge is -2.12. The normalized spacial score (nSPS) is 10.0. The van der Waals surface area contributed by atoms with Crippen LogP contribution in [0.5, 0.6) is 0 Å². The second-order valence-corrected chi connectivity index (χ2v) is 5.21. The van der Waals surface area contributed by atoms with Gasteiger partial charge in [-0.25, -0.2) is 9.18 Å². The van der Waals surface area contributed by atoms with E-state index in [1.54, 1.807) is 38.4 Å². The molecule has 0 bridgehead atoms. The standard InChI is InChI=1S/C17H18FN3O2/c1-21(2)17(23)19-11-12-3-5-13(6-4-12)16(22)20-15-9-7-14(18)8-10-15/h3-10H,11H2,1-2H3,(H,19,23)(H,20,22). The van der Waals surface area contributed by atoms with Crippen molar-refractivity contribution in [3.8, 4) is 0 Å². The van der Waals surface area contributed by atoms with Crippen LogP contribution in [0.15, 0.2) is 48.5 Å². The molecule has 23 heavy (non-hydrogen) atoms. The van der Waals surface area contributed by atoms with Crippen LogP contribution < -0.4 is 10.6 Å². The molecule has 120 valence electrons. The third-order valence-electron chi connectivity index (χ3n) is 3.17. The number of anilines is 1. The van der Waals surface area contributed by atoms with Gasteiger partial charge in [-0.3, -0.25) is 4.79 Å². The second kappa shape index (κ2) is 7.40. The van der Waals surface area contributed by atoms with Gasteiger partial charge < -0.3 is 15.5 Å². The van der Waals surface area contributed by atoms with E-state index in [2.05, 4.69) is 10.6 Å². The van der Waals surface area contributed by atoms with Crippen molar-refractivity contribution in [2.24, 2.45) is 0 Å². The van der Waals surface area contributed by atoms with Crippen molar-refractivity contribution < 1.29 is 14.0 Å². The van der Waals surface area contributed by atoms with E-state index < -0.39 is 0 Å². The quantitative estimate of drug-likeness (QED) is 0.911. The summed E-state index contributed by atoms with van der Waals surface area (Å²) in [5.41, 5.74) is 1.90. The van der Waals surface area contributed by atoms with Gasteiger partial charge in [-0.1, -0.05) is 12.1 Å². The number of nitrogens with zero attached hydrogens (tertiary/aromatic N) is 1. The molecule has 0 saturated heterocycles. The molecular formula is C17H18FN3O2. The van der Waals surface area contributed by atoms with Crippen LogP contribution in [0, 0.1) is 5.82 Å². The third kappa shape index (κ3) is 4.81. The summed E-state index contributed by atoms with van der Waals surface area (Å²) >= 11 is 0. The molecule has 0 aromatic heterocycles. The molecule has 5 nitrogen and oxygen atoms in total. The van der Waals surface area contributed by atoms with Gasteiger partial charge in [-0.05, 0) is 42.0 Å². The van der Waals surface area contributed by atoms with E-state index in [4.69, 9.17) is 0 Å². The molecule has 0 aliphatic rings. The summed E-state index contributed by atoms with van der Waals surface area (Å²) in [4.78, 5) is 25.0. The number of benzene rings is 2. The fourth-order valence-electron chi connectivity index (χ4n) is 1.85. The van der Waals surface area contributed by atoms with E-state index in [0.717, 1.165) is 5.56 Å². The lowest BCUT2D eigenvalue weighted by atomic mass is 10.1. The first kappa shape index (κ1) is 16.5. The summed E-state index contributed by atoms with van der Waals surface area (Å²) in [7, 11) is 3.33. The highest BCUT2D eigenvalue weighted by Crippen LogP contribution is 2.11. The minimum Gasteiger partial charge on any atom is -0.334 e. The Labute approximate surface area is 134 Å². The van der Waals surface area contributed by atoms with Gasteiger partial charge in [0.05, 0.1) is 0 Å². The minimum atomic E-state index is -0.355. The number of nitrogens with one attached hydrogen (secondary N) is 2. The van der Waals surface area contributed by atoms with Gasteiger partial charge in [0, 0.05) is 31.9 Å². The fraction of sp³-hybridized carbons (Fsp3) is 0.176. The third-order valence-corrected chi connectivity index (χ3v) is 3.17. The molecule has 0 fully saturated rings. The summed E-state index contributed by atoms with van der Waals surface area (Å²) in [6.45, 7) is 0.386. The van der Waals surface area contributed by atoms with Crippen LogP contribution in [0.3, 0.4) is 0 Å². The Morgan fingerprint density at radius 1 is 1.00 bits per heavy atom. The zero-order valence-corrected chi connectivity index (χ0v) is 13.0. The first-order chi connectivity index (χ1) is 11.0. The number of amides is 3. The fourth-order valence-corrected chi connectivity index (χ4v) is 1.85. The highest BCUT2D eigenvalue weighted by molar-refractivity contribution is 6.04. The molecule has 3 amide bonds. The van der Waals surface area contributed by atoms with Gasteiger partial charge in [-0.15, -0.1) is 0 Å². The first-order valence-corrected chi connectivity index (χ1v) is 7.07. The van der Waals surface area contributed by atoms with Crippen molar-refractivity contribution in [2.45, 2.75) is 6.54 Å². The number of hydrogen-bond donors (Lipinski definition) is 2. The molecule has 0 radical (unpaired) electrons. The van der Waals surface area contributed by atoms with E-state index in [1.807, 2.05) is 0 Å². The predicted molar refractivity (Wildman–Crippen MR) is 86.7 cm³/mol. The molecule has 2 N–H and O–H groups in total. The molecule has 0 atom stereocenters. The Balaban J connectivity index is 1.94. The Morgan fingerprint density at radius 3 is 2.17 bits per heavy atom. The van der Waals surface area contributed by atoms with Crippen molar-refractivity contribution in [3.63, 3.8) is 0 Å². The van der Waals surface area contributed by atoms with Gasteiger partial charge in [0.15, 0.2) is 0 Å². The van der Waals surface area contributed by atoms with Gasteiger partial charge in [0.2, 0.25) is 0 Å². The summed E-state index contributed by atoms with van der Waals surface area (Å²) in [5.74, 6) is -0.632. The molecule has 2 aromatic rings. The number of hydrogen-bond acceptors (Lipinski definition) is 2. The highest BCUT2D eigenvalue weighted by atomic mass is 19.1. The highest BCUT2D eigenvalue weighted by Gasteiger charge is 2.07. The number of urea groups is 1. The predicted octanol–water partition coefficient (Wildman–Crippen LogP) is 2.85. The Morgan fingerprint density at radius 2 is 1.61 bits per heavy atom. The maximum atomic E-state index is 12.8. The summed E-state index contributed by atoms with van der Waals surface area (Å²) in [5, 5.41) is 5.43. The summed E-state index contributed by atoms with van der Waals surface area (Å²) in [6, 6.07) is 12.3. The molecular weight excluding hydrogens is 297 g/mol. The molecule has 0 aliphatic heterocycles. The minimum absolute atomic E-state index is 0.178. The largest absolute Gasteiger partial charge is 0.334 e. The van der Waals surface area contributed by atoms with Crippen molar-refractivity contribution in [3.05, 3.63) is 65.5 Å². The molecule has 0 saturated carbocycles. The zero-order valence-electron chi connectivity index (χ0n) is 13.0. The average molecular weight is 315 g/mol.